The van der Waals surface area contributed by atoms with Gasteiger partial charge in [-0.1, -0.05) is 0 Å². The Hall–Kier alpha value is -1.62. The summed E-state index contributed by atoms with van der Waals surface area (Å²) in [5.74, 6) is 0.861. The summed E-state index contributed by atoms with van der Waals surface area (Å²) in [6, 6.07) is 4.70. The molecule has 0 unspecified atom stereocenters. The molecule has 0 spiro atoms. The number of rotatable bonds is 4. The number of nitrogens with one attached hydrogen (secondary N) is 1. The second-order valence-corrected chi connectivity index (χ2v) is 4.25. The highest BCUT2D eigenvalue weighted by Gasteiger charge is 2.20. The molecule has 2 aromatic heterocycles. The molecule has 1 aliphatic carbocycles. The lowest BCUT2D eigenvalue weighted by Crippen LogP contribution is -2.15. The number of hydrogen-bond acceptors (Lipinski definition) is 3. The van der Waals surface area contributed by atoms with E-state index in [0.29, 0.717) is 0 Å². The van der Waals surface area contributed by atoms with Crippen molar-refractivity contribution >= 4 is 0 Å². The Bertz CT molecular complexity index is 480. The molecule has 16 heavy (non-hydrogen) atoms. The second kappa shape index (κ2) is 3.75. The Morgan fingerprint density at radius 2 is 2.19 bits per heavy atom. The first kappa shape index (κ1) is 9.59. The molecule has 1 fully saturated rings. The largest absolute Gasteiger partial charge is 0.308 e. The summed E-state index contributed by atoms with van der Waals surface area (Å²) in [6.07, 6.45) is 6.48. The smallest absolute Gasteiger partial charge is 0.174 e. The molecule has 0 aliphatic heterocycles. The fourth-order valence-electron chi connectivity index (χ4n) is 1.64. The van der Waals surface area contributed by atoms with E-state index in [-0.39, 0.29) is 0 Å². The van der Waals surface area contributed by atoms with Crippen LogP contribution in [0.3, 0.4) is 0 Å². The summed E-state index contributed by atoms with van der Waals surface area (Å²) >= 11 is 0. The third kappa shape index (κ3) is 1.99. The van der Waals surface area contributed by atoms with Crippen LogP contribution in [-0.4, -0.2) is 25.6 Å². The molecule has 0 radical (unpaired) electrons. The first-order chi connectivity index (χ1) is 7.81. The van der Waals surface area contributed by atoms with E-state index in [1.807, 2.05) is 36.3 Å². The minimum absolute atomic E-state index is 0.722. The van der Waals surface area contributed by atoms with Gasteiger partial charge in [0, 0.05) is 38.1 Å². The van der Waals surface area contributed by atoms with Crippen LogP contribution in [0.2, 0.25) is 0 Å². The molecule has 3 rings (SSSR count). The highest BCUT2D eigenvalue weighted by Crippen LogP contribution is 2.19. The molecule has 5 heteroatoms. The summed E-state index contributed by atoms with van der Waals surface area (Å²) < 4.78 is 3.59. The predicted molar refractivity (Wildman–Crippen MR) is 60.2 cm³/mol. The number of aryl methyl sites for hydroxylation is 1. The molecule has 84 valence electrons. The Morgan fingerprint density at radius 3 is 2.88 bits per heavy atom. The third-order valence-corrected chi connectivity index (χ3v) is 2.73. The van der Waals surface area contributed by atoms with E-state index in [9.17, 15) is 0 Å². The normalized spacial score (nSPS) is 15.6. The molecule has 1 N–H and O–H groups in total. The van der Waals surface area contributed by atoms with Gasteiger partial charge in [-0.05, 0) is 18.9 Å². The van der Waals surface area contributed by atoms with Crippen molar-refractivity contribution in [3.63, 3.8) is 0 Å². The molecule has 5 nitrogen and oxygen atoms in total. The van der Waals surface area contributed by atoms with Crippen molar-refractivity contribution in [3.05, 3.63) is 30.2 Å². The summed E-state index contributed by atoms with van der Waals surface area (Å²) in [5.41, 5.74) is 1.07. The van der Waals surface area contributed by atoms with Gasteiger partial charge >= 0.3 is 0 Å². The Morgan fingerprint density at radius 1 is 1.31 bits per heavy atom. The average molecular weight is 217 g/mol. The molecule has 2 aromatic rings. The Labute approximate surface area is 94.1 Å². The van der Waals surface area contributed by atoms with Gasteiger partial charge in [0.2, 0.25) is 0 Å². The van der Waals surface area contributed by atoms with Gasteiger partial charge in [-0.3, -0.25) is 4.68 Å². The topological polar surface area (TPSA) is 47.7 Å². The van der Waals surface area contributed by atoms with Crippen LogP contribution in [0.15, 0.2) is 24.5 Å². The zero-order valence-corrected chi connectivity index (χ0v) is 9.30. The van der Waals surface area contributed by atoms with Gasteiger partial charge in [0.1, 0.15) is 0 Å². The summed E-state index contributed by atoms with van der Waals surface area (Å²) in [7, 11) is 1.91. The van der Waals surface area contributed by atoms with E-state index in [1.54, 1.807) is 4.68 Å². The summed E-state index contributed by atoms with van der Waals surface area (Å²) in [6.45, 7) is 0.852. The highest BCUT2D eigenvalue weighted by molar-refractivity contribution is 5.19. The van der Waals surface area contributed by atoms with E-state index in [4.69, 9.17) is 0 Å². The lowest BCUT2D eigenvalue weighted by atomic mass is 10.4. The lowest BCUT2D eigenvalue weighted by molar-refractivity contribution is 0.660. The Balaban J connectivity index is 1.71. The SMILES string of the molecule is Cn1ccc(-n2ccc(CNC3CC3)n2)n1. The number of aromatic nitrogens is 4. The molecule has 0 bridgehead atoms. The maximum atomic E-state index is 4.47. The van der Waals surface area contributed by atoms with Crippen LogP contribution in [0.1, 0.15) is 18.5 Å². The van der Waals surface area contributed by atoms with Gasteiger partial charge in [0.15, 0.2) is 5.82 Å². The summed E-state index contributed by atoms with van der Waals surface area (Å²) in [5, 5.41) is 12.2. The van der Waals surface area contributed by atoms with Crippen molar-refractivity contribution < 1.29 is 0 Å². The maximum Gasteiger partial charge on any atom is 0.174 e. The maximum absolute atomic E-state index is 4.47. The van der Waals surface area contributed by atoms with E-state index in [1.165, 1.54) is 12.8 Å². The van der Waals surface area contributed by atoms with Crippen molar-refractivity contribution in [3.8, 4) is 5.82 Å². The molecule has 0 amide bonds. The van der Waals surface area contributed by atoms with Gasteiger partial charge in [0.25, 0.3) is 0 Å². The van der Waals surface area contributed by atoms with Crippen molar-refractivity contribution in [2.24, 2.45) is 7.05 Å². The van der Waals surface area contributed by atoms with E-state index in [2.05, 4.69) is 15.5 Å². The van der Waals surface area contributed by atoms with Gasteiger partial charge in [-0.15, -0.1) is 0 Å². The van der Waals surface area contributed by atoms with Crippen LogP contribution in [0.5, 0.6) is 0 Å². The first-order valence-corrected chi connectivity index (χ1v) is 5.59. The monoisotopic (exact) mass is 217 g/mol. The van der Waals surface area contributed by atoms with Crippen molar-refractivity contribution in [1.82, 2.24) is 24.9 Å². The van der Waals surface area contributed by atoms with Crippen molar-refractivity contribution in [1.29, 1.82) is 0 Å². The molecule has 0 saturated heterocycles. The van der Waals surface area contributed by atoms with Crippen LogP contribution in [0.4, 0.5) is 0 Å². The average Bonchev–Trinajstić information content (AvgIpc) is 2.81. The van der Waals surface area contributed by atoms with Crippen molar-refractivity contribution in [2.45, 2.75) is 25.4 Å². The molecular weight excluding hydrogens is 202 g/mol. The molecule has 1 saturated carbocycles. The van der Waals surface area contributed by atoms with Gasteiger partial charge in [-0.25, -0.2) is 4.68 Å². The molecule has 0 atom stereocenters. The van der Waals surface area contributed by atoms with Crippen LogP contribution in [0.25, 0.3) is 5.82 Å². The van der Waals surface area contributed by atoms with Crippen LogP contribution in [0, 0.1) is 0 Å². The third-order valence-electron chi connectivity index (χ3n) is 2.73. The minimum atomic E-state index is 0.722. The molecule has 0 aromatic carbocycles. The minimum Gasteiger partial charge on any atom is -0.308 e. The quantitative estimate of drug-likeness (QED) is 0.826. The van der Waals surface area contributed by atoms with E-state index < -0.39 is 0 Å². The summed E-state index contributed by atoms with van der Waals surface area (Å²) in [4.78, 5) is 0. The second-order valence-electron chi connectivity index (χ2n) is 4.25. The Kier molecular flexibility index (Phi) is 2.25. The van der Waals surface area contributed by atoms with Gasteiger partial charge in [0.05, 0.1) is 5.69 Å². The molecule has 1 aliphatic rings. The molecular formula is C11H15N5. The fraction of sp³-hybridized carbons (Fsp3) is 0.455. The van der Waals surface area contributed by atoms with Crippen LogP contribution >= 0.6 is 0 Å². The van der Waals surface area contributed by atoms with Crippen LogP contribution < -0.4 is 5.32 Å². The van der Waals surface area contributed by atoms with E-state index >= 15 is 0 Å². The van der Waals surface area contributed by atoms with Gasteiger partial charge < -0.3 is 5.32 Å². The zero-order valence-electron chi connectivity index (χ0n) is 9.30. The van der Waals surface area contributed by atoms with Gasteiger partial charge in [-0.2, -0.15) is 10.2 Å². The zero-order chi connectivity index (χ0) is 11.0. The van der Waals surface area contributed by atoms with Crippen LogP contribution in [-0.2, 0) is 13.6 Å². The standard InChI is InChI=1S/C11H15N5/c1-15-6-5-11(14-15)16-7-4-10(13-16)8-12-9-2-3-9/h4-7,9,12H,2-3,8H2,1H3. The van der Waals surface area contributed by atoms with Crippen molar-refractivity contribution in [2.75, 3.05) is 0 Å². The fourth-order valence-corrected chi connectivity index (χ4v) is 1.64. The number of nitrogens with zero attached hydrogens (tertiary/aromatic N) is 4. The highest BCUT2D eigenvalue weighted by atomic mass is 15.4. The lowest BCUT2D eigenvalue weighted by Gasteiger charge is -1.98. The van der Waals surface area contributed by atoms with E-state index in [0.717, 1.165) is 24.1 Å². The molecule has 2 heterocycles. The first-order valence-electron chi connectivity index (χ1n) is 5.59. The number of hydrogen-bond donors (Lipinski definition) is 1. The predicted octanol–water partition coefficient (Wildman–Crippen LogP) is 0.858.